The normalized spacial score (nSPS) is 10.1. The Morgan fingerprint density at radius 3 is 1.97 bits per heavy atom. The van der Waals surface area contributed by atoms with Gasteiger partial charge in [0.1, 0.15) is 11.6 Å². The molecule has 2 N–H and O–H groups in total. The van der Waals surface area contributed by atoms with E-state index in [1.54, 1.807) is 42.5 Å². The Balaban J connectivity index is 1.69. The molecule has 3 rings (SSSR count). The Hall–Kier alpha value is -4.00. The molecule has 29 heavy (non-hydrogen) atoms. The zero-order valence-corrected chi connectivity index (χ0v) is 15.4. The molecule has 0 saturated heterocycles. The van der Waals surface area contributed by atoms with Gasteiger partial charge in [0.2, 0.25) is 0 Å². The van der Waals surface area contributed by atoms with Crippen molar-refractivity contribution in [2.45, 2.75) is 6.92 Å². The van der Waals surface area contributed by atoms with E-state index in [4.69, 9.17) is 4.74 Å². The number of halogens is 1. The summed E-state index contributed by atoms with van der Waals surface area (Å²) in [6.45, 7) is 1.28. The summed E-state index contributed by atoms with van der Waals surface area (Å²) in [5.41, 5.74) is 1.54. The number of esters is 1. The van der Waals surface area contributed by atoms with Gasteiger partial charge in [-0.1, -0.05) is 12.1 Å². The minimum absolute atomic E-state index is 0.269. The fourth-order valence-corrected chi connectivity index (χ4v) is 2.55. The van der Waals surface area contributed by atoms with E-state index in [1.165, 1.54) is 37.3 Å². The molecule has 7 heteroatoms. The van der Waals surface area contributed by atoms with Crippen LogP contribution in [0.2, 0.25) is 0 Å². The first-order chi connectivity index (χ1) is 13.9. The molecule has 3 aromatic rings. The zero-order valence-electron chi connectivity index (χ0n) is 15.4. The fourth-order valence-electron chi connectivity index (χ4n) is 2.55. The van der Waals surface area contributed by atoms with Gasteiger partial charge in [0, 0.05) is 29.4 Å². The quantitative estimate of drug-likeness (QED) is 0.502. The van der Waals surface area contributed by atoms with E-state index in [0.29, 0.717) is 22.5 Å². The predicted octanol–water partition coefficient (Wildman–Crippen LogP) is 4.26. The van der Waals surface area contributed by atoms with E-state index in [2.05, 4.69) is 10.6 Å². The number of ether oxygens (including phenoxy) is 1. The van der Waals surface area contributed by atoms with Crippen LogP contribution in [-0.2, 0) is 4.79 Å². The number of nitrogens with one attached hydrogen (secondary N) is 2. The minimum Gasteiger partial charge on any atom is -0.427 e. The van der Waals surface area contributed by atoms with Crippen molar-refractivity contribution >= 4 is 29.2 Å². The molecule has 0 aliphatic heterocycles. The third-order valence-corrected chi connectivity index (χ3v) is 3.84. The number of hydrogen-bond acceptors (Lipinski definition) is 4. The van der Waals surface area contributed by atoms with Crippen LogP contribution >= 0.6 is 0 Å². The lowest BCUT2D eigenvalue weighted by Crippen LogP contribution is -2.14. The van der Waals surface area contributed by atoms with Crippen LogP contribution in [0.3, 0.4) is 0 Å². The SMILES string of the molecule is CC(=O)Oc1cccc(C(=O)Nc2cccc(NC(=O)c3ccc(F)cc3)c2)c1. The molecule has 146 valence electrons. The van der Waals surface area contributed by atoms with Crippen molar-refractivity contribution < 1.29 is 23.5 Å². The van der Waals surface area contributed by atoms with Gasteiger partial charge in [0.05, 0.1) is 0 Å². The van der Waals surface area contributed by atoms with E-state index in [9.17, 15) is 18.8 Å². The molecule has 0 aromatic heterocycles. The molecule has 0 aliphatic carbocycles. The smallest absolute Gasteiger partial charge is 0.308 e. The highest BCUT2D eigenvalue weighted by Crippen LogP contribution is 2.19. The summed E-state index contributed by atoms with van der Waals surface area (Å²) >= 11 is 0. The number of carbonyl (C=O) groups is 3. The third kappa shape index (κ3) is 5.49. The van der Waals surface area contributed by atoms with Crippen LogP contribution in [0.4, 0.5) is 15.8 Å². The Bertz CT molecular complexity index is 1060. The molecule has 0 aliphatic rings. The lowest BCUT2D eigenvalue weighted by molar-refractivity contribution is -0.131. The molecule has 0 saturated carbocycles. The number of rotatable bonds is 5. The second-order valence-electron chi connectivity index (χ2n) is 6.12. The highest BCUT2D eigenvalue weighted by Gasteiger charge is 2.10. The lowest BCUT2D eigenvalue weighted by atomic mass is 10.2. The summed E-state index contributed by atoms with van der Waals surface area (Å²) in [6.07, 6.45) is 0. The minimum atomic E-state index is -0.479. The van der Waals surface area contributed by atoms with Gasteiger partial charge >= 0.3 is 5.97 Å². The maximum absolute atomic E-state index is 13.0. The summed E-state index contributed by atoms with van der Waals surface area (Å²) in [5.74, 6) is -1.44. The van der Waals surface area contributed by atoms with E-state index >= 15 is 0 Å². The van der Waals surface area contributed by atoms with E-state index in [0.717, 1.165) is 0 Å². The van der Waals surface area contributed by atoms with Gasteiger partial charge in [-0.25, -0.2) is 4.39 Å². The summed E-state index contributed by atoms with van der Waals surface area (Å²) in [4.78, 5) is 35.8. The van der Waals surface area contributed by atoms with E-state index in [1.807, 2.05) is 0 Å². The number of hydrogen-bond donors (Lipinski definition) is 2. The van der Waals surface area contributed by atoms with Crippen molar-refractivity contribution in [2.75, 3.05) is 10.6 Å². The van der Waals surface area contributed by atoms with Crippen molar-refractivity contribution in [3.8, 4) is 5.75 Å². The van der Waals surface area contributed by atoms with Gasteiger partial charge < -0.3 is 15.4 Å². The molecule has 0 radical (unpaired) electrons. The van der Waals surface area contributed by atoms with Crippen molar-refractivity contribution in [3.05, 3.63) is 89.7 Å². The number of benzene rings is 3. The van der Waals surface area contributed by atoms with Gasteiger partial charge in [-0.3, -0.25) is 14.4 Å². The first-order valence-electron chi connectivity index (χ1n) is 8.67. The number of anilines is 2. The molecule has 3 aromatic carbocycles. The van der Waals surface area contributed by atoms with Crippen molar-refractivity contribution in [2.24, 2.45) is 0 Å². The Kier molecular flexibility index (Phi) is 5.99. The Morgan fingerprint density at radius 2 is 1.34 bits per heavy atom. The van der Waals surface area contributed by atoms with Crippen molar-refractivity contribution in [1.29, 1.82) is 0 Å². The maximum atomic E-state index is 13.0. The maximum Gasteiger partial charge on any atom is 0.308 e. The van der Waals surface area contributed by atoms with Crippen LogP contribution in [0.25, 0.3) is 0 Å². The largest absolute Gasteiger partial charge is 0.427 e. The molecule has 0 heterocycles. The highest BCUT2D eigenvalue weighted by molar-refractivity contribution is 6.06. The topological polar surface area (TPSA) is 84.5 Å². The average Bonchev–Trinajstić information content (AvgIpc) is 2.68. The monoisotopic (exact) mass is 392 g/mol. The molecule has 0 fully saturated rings. The fraction of sp³-hybridized carbons (Fsp3) is 0.0455. The summed E-state index contributed by atoms with van der Waals surface area (Å²) in [7, 11) is 0. The Morgan fingerprint density at radius 1 is 0.759 bits per heavy atom. The highest BCUT2D eigenvalue weighted by atomic mass is 19.1. The second-order valence-corrected chi connectivity index (χ2v) is 6.12. The second kappa shape index (κ2) is 8.79. The molecular weight excluding hydrogens is 375 g/mol. The first kappa shape index (κ1) is 19.8. The standard InChI is InChI=1S/C22H17FN2O4/c1-14(26)29-20-7-2-4-16(12-20)22(28)25-19-6-3-5-18(13-19)24-21(27)15-8-10-17(23)11-9-15/h2-13H,1H3,(H,24,27)(H,25,28). The van der Waals surface area contributed by atoms with Crippen LogP contribution < -0.4 is 15.4 Å². The van der Waals surface area contributed by atoms with Crippen molar-refractivity contribution in [1.82, 2.24) is 0 Å². The van der Waals surface area contributed by atoms with Crippen LogP contribution in [0.5, 0.6) is 5.75 Å². The average molecular weight is 392 g/mol. The zero-order chi connectivity index (χ0) is 20.8. The molecular formula is C22H17FN2O4. The van der Waals surface area contributed by atoms with Gasteiger partial charge in [-0.2, -0.15) is 0 Å². The van der Waals surface area contributed by atoms with Gasteiger partial charge in [0.15, 0.2) is 0 Å². The molecule has 0 spiro atoms. The Labute approximate surface area is 166 Å². The van der Waals surface area contributed by atoms with Gasteiger partial charge in [-0.05, 0) is 60.7 Å². The summed E-state index contributed by atoms with van der Waals surface area (Å²) in [5, 5.41) is 5.41. The molecule has 0 bridgehead atoms. The van der Waals surface area contributed by atoms with Crippen LogP contribution in [0.1, 0.15) is 27.6 Å². The van der Waals surface area contributed by atoms with Gasteiger partial charge in [0.25, 0.3) is 11.8 Å². The molecule has 6 nitrogen and oxygen atoms in total. The molecule has 2 amide bonds. The molecule has 0 atom stereocenters. The molecule has 0 unspecified atom stereocenters. The van der Waals surface area contributed by atoms with Crippen molar-refractivity contribution in [3.63, 3.8) is 0 Å². The summed E-state index contributed by atoms with van der Waals surface area (Å²) < 4.78 is 18.0. The summed E-state index contributed by atoms with van der Waals surface area (Å²) in [6, 6.07) is 18.0. The van der Waals surface area contributed by atoms with Crippen LogP contribution in [0.15, 0.2) is 72.8 Å². The first-order valence-corrected chi connectivity index (χ1v) is 8.67. The van der Waals surface area contributed by atoms with Gasteiger partial charge in [-0.15, -0.1) is 0 Å². The van der Waals surface area contributed by atoms with Crippen LogP contribution in [-0.4, -0.2) is 17.8 Å². The number of carbonyl (C=O) groups excluding carboxylic acids is 3. The lowest BCUT2D eigenvalue weighted by Gasteiger charge is -2.10. The number of amides is 2. The van der Waals surface area contributed by atoms with Crippen LogP contribution in [0, 0.1) is 5.82 Å². The van der Waals surface area contributed by atoms with E-state index in [-0.39, 0.29) is 5.75 Å². The van der Waals surface area contributed by atoms with E-state index < -0.39 is 23.6 Å². The predicted molar refractivity (Wildman–Crippen MR) is 106 cm³/mol. The third-order valence-electron chi connectivity index (χ3n) is 3.84.